The third-order valence-electron chi connectivity index (χ3n) is 4.17. The molecule has 160 valence electrons. The number of aryl methyl sites for hydroxylation is 1. The summed E-state index contributed by atoms with van der Waals surface area (Å²) < 4.78 is 21.2. The van der Waals surface area contributed by atoms with Crippen LogP contribution in [0.4, 0.5) is 5.69 Å². The lowest BCUT2D eigenvalue weighted by Gasteiger charge is -2.15. The van der Waals surface area contributed by atoms with Crippen LogP contribution in [0.15, 0.2) is 42.5 Å². The highest BCUT2D eigenvalue weighted by atomic mass is 16.5. The number of carbonyl (C=O) groups excluding carboxylic acids is 2. The maximum Gasteiger partial charge on any atom is 0.331 e. The molecule has 2 aromatic carbocycles. The molecule has 7 heteroatoms. The van der Waals surface area contributed by atoms with E-state index in [0.717, 1.165) is 11.1 Å². The van der Waals surface area contributed by atoms with Crippen molar-refractivity contribution in [3.63, 3.8) is 0 Å². The van der Waals surface area contributed by atoms with E-state index in [-0.39, 0.29) is 0 Å². The Morgan fingerprint density at radius 1 is 1.03 bits per heavy atom. The van der Waals surface area contributed by atoms with Crippen LogP contribution in [0.5, 0.6) is 17.2 Å². The number of esters is 1. The van der Waals surface area contributed by atoms with Crippen molar-refractivity contribution in [1.29, 1.82) is 0 Å². The van der Waals surface area contributed by atoms with Crippen LogP contribution >= 0.6 is 0 Å². The van der Waals surface area contributed by atoms with E-state index >= 15 is 0 Å². The van der Waals surface area contributed by atoms with Crippen LogP contribution in [0.2, 0.25) is 0 Å². The van der Waals surface area contributed by atoms with Gasteiger partial charge in [0.1, 0.15) is 5.75 Å². The number of rotatable bonds is 9. The molecule has 0 spiro atoms. The van der Waals surface area contributed by atoms with Gasteiger partial charge in [0.05, 0.1) is 26.5 Å². The van der Waals surface area contributed by atoms with Crippen LogP contribution in [0, 0.1) is 6.92 Å². The average molecular weight is 413 g/mol. The normalized spacial score (nSPS) is 11.6. The third-order valence-corrected chi connectivity index (χ3v) is 4.17. The van der Waals surface area contributed by atoms with Gasteiger partial charge in [-0.15, -0.1) is 0 Å². The molecule has 2 rings (SSSR count). The van der Waals surface area contributed by atoms with Gasteiger partial charge >= 0.3 is 5.97 Å². The number of hydrogen-bond acceptors (Lipinski definition) is 6. The molecule has 0 radical (unpaired) electrons. The summed E-state index contributed by atoms with van der Waals surface area (Å²) in [7, 11) is 3.06. The van der Waals surface area contributed by atoms with Crippen molar-refractivity contribution >= 4 is 23.6 Å². The molecule has 1 N–H and O–H groups in total. The summed E-state index contributed by atoms with van der Waals surface area (Å²) in [5, 5.41) is 2.72. The number of ether oxygens (including phenoxy) is 4. The molecule has 0 bridgehead atoms. The molecule has 0 heterocycles. The zero-order chi connectivity index (χ0) is 22.1. The zero-order valence-electron chi connectivity index (χ0n) is 17.9. The van der Waals surface area contributed by atoms with Crippen molar-refractivity contribution in [2.45, 2.75) is 26.9 Å². The number of anilines is 1. The molecule has 30 heavy (non-hydrogen) atoms. The highest BCUT2D eigenvalue weighted by Gasteiger charge is 2.18. The number of carbonyl (C=O) groups is 2. The van der Waals surface area contributed by atoms with Crippen LogP contribution < -0.4 is 19.5 Å². The zero-order valence-corrected chi connectivity index (χ0v) is 17.9. The highest BCUT2D eigenvalue weighted by molar-refractivity contribution is 5.97. The smallest absolute Gasteiger partial charge is 0.331 e. The van der Waals surface area contributed by atoms with Gasteiger partial charge in [-0.2, -0.15) is 0 Å². The van der Waals surface area contributed by atoms with Gasteiger partial charge in [-0.3, -0.25) is 4.79 Å². The van der Waals surface area contributed by atoms with Crippen molar-refractivity contribution in [3.05, 3.63) is 53.6 Å². The summed E-state index contributed by atoms with van der Waals surface area (Å²) in [6.07, 6.45) is 1.85. The molecule has 0 aliphatic carbocycles. The number of benzene rings is 2. The molecule has 0 saturated carbocycles. The van der Waals surface area contributed by atoms with Gasteiger partial charge in [0.25, 0.3) is 5.91 Å². The van der Waals surface area contributed by atoms with E-state index in [1.165, 1.54) is 20.1 Å². The van der Waals surface area contributed by atoms with Crippen LogP contribution in [0.25, 0.3) is 6.08 Å². The predicted molar refractivity (Wildman–Crippen MR) is 115 cm³/mol. The minimum absolute atomic E-state index is 0.455. The number of methoxy groups -OCH3 is 2. The summed E-state index contributed by atoms with van der Waals surface area (Å²) in [5.74, 6) is 0.616. The van der Waals surface area contributed by atoms with Crippen LogP contribution in [-0.4, -0.2) is 38.8 Å². The first-order chi connectivity index (χ1) is 14.4. The molecule has 0 aliphatic heterocycles. The van der Waals surface area contributed by atoms with E-state index in [9.17, 15) is 9.59 Å². The summed E-state index contributed by atoms with van der Waals surface area (Å²) in [5.41, 5.74) is 2.21. The summed E-state index contributed by atoms with van der Waals surface area (Å²) >= 11 is 0. The van der Waals surface area contributed by atoms with E-state index in [2.05, 4.69) is 5.32 Å². The topological polar surface area (TPSA) is 83.1 Å². The van der Waals surface area contributed by atoms with Gasteiger partial charge in [-0.1, -0.05) is 12.1 Å². The number of hydrogen-bond donors (Lipinski definition) is 1. The molecule has 7 nitrogen and oxygen atoms in total. The maximum absolute atomic E-state index is 12.4. The van der Waals surface area contributed by atoms with Gasteiger partial charge in [0.15, 0.2) is 17.6 Å². The number of amides is 1. The molecular formula is C23H27NO6. The SMILES string of the molecule is CCOc1ccc(/C=C/C(=O)O[C@H](C)C(=O)Nc2cc(C)ccc2OC)cc1OC. The van der Waals surface area contributed by atoms with E-state index in [1.807, 2.05) is 19.9 Å². The van der Waals surface area contributed by atoms with Crippen LogP contribution in [0.3, 0.4) is 0 Å². The summed E-state index contributed by atoms with van der Waals surface area (Å²) in [6.45, 7) is 5.81. The lowest BCUT2D eigenvalue weighted by molar-refractivity contribution is -0.148. The Bertz CT molecular complexity index is 922. The Morgan fingerprint density at radius 2 is 1.73 bits per heavy atom. The second-order valence-electron chi connectivity index (χ2n) is 6.45. The van der Waals surface area contributed by atoms with Crippen molar-refractivity contribution in [3.8, 4) is 17.2 Å². The largest absolute Gasteiger partial charge is 0.495 e. The number of nitrogens with one attached hydrogen (secondary N) is 1. The van der Waals surface area contributed by atoms with Gasteiger partial charge < -0.3 is 24.3 Å². The Kier molecular flexibility index (Phi) is 8.29. The van der Waals surface area contributed by atoms with Gasteiger partial charge in [0.2, 0.25) is 0 Å². The minimum Gasteiger partial charge on any atom is -0.495 e. The predicted octanol–water partition coefficient (Wildman–Crippen LogP) is 3.99. The summed E-state index contributed by atoms with van der Waals surface area (Å²) in [4.78, 5) is 24.5. The van der Waals surface area contributed by atoms with Crippen molar-refractivity contribution in [2.75, 3.05) is 26.1 Å². The Labute approximate surface area is 176 Å². The maximum atomic E-state index is 12.4. The first-order valence-corrected chi connectivity index (χ1v) is 9.53. The molecule has 2 aromatic rings. The Hall–Kier alpha value is -3.48. The first-order valence-electron chi connectivity index (χ1n) is 9.53. The molecular weight excluding hydrogens is 386 g/mol. The lowest BCUT2D eigenvalue weighted by Crippen LogP contribution is -2.29. The Morgan fingerprint density at radius 3 is 2.40 bits per heavy atom. The molecule has 1 amide bonds. The van der Waals surface area contributed by atoms with E-state index in [0.29, 0.717) is 29.5 Å². The molecule has 0 fully saturated rings. The second kappa shape index (κ2) is 10.9. The fraction of sp³-hybridized carbons (Fsp3) is 0.304. The van der Waals surface area contributed by atoms with Crippen molar-refractivity contribution in [1.82, 2.24) is 0 Å². The second-order valence-corrected chi connectivity index (χ2v) is 6.45. The third kappa shape index (κ3) is 6.27. The van der Waals surface area contributed by atoms with Crippen molar-refractivity contribution < 1.29 is 28.5 Å². The molecule has 0 saturated heterocycles. The van der Waals surface area contributed by atoms with E-state index in [1.54, 1.807) is 43.5 Å². The fourth-order valence-corrected chi connectivity index (χ4v) is 2.65. The van der Waals surface area contributed by atoms with Gasteiger partial charge in [-0.25, -0.2) is 4.79 Å². The quantitative estimate of drug-likeness (QED) is 0.494. The first kappa shape index (κ1) is 22.8. The van der Waals surface area contributed by atoms with Crippen LogP contribution in [-0.2, 0) is 14.3 Å². The van der Waals surface area contributed by atoms with Crippen molar-refractivity contribution in [2.24, 2.45) is 0 Å². The van der Waals surface area contributed by atoms with E-state index < -0.39 is 18.0 Å². The summed E-state index contributed by atoms with van der Waals surface area (Å²) in [6, 6.07) is 10.7. The highest BCUT2D eigenvalue weighted by Crippen LogP contribution is 2.28. The Balaban J connectivity index is 1.98. The lowest BCUT2D eigenvalue weighted by atomic mass is 10.2. The fourth-order valence-electron chi connectivity index (χ4n) is 2.65. The monoisotopic (exact) mass is 413 g/mol. The molecule has 0 unspecified atom stereocenters. The van der Waals surface area contributed by atoms with Crippen LogP contribution in [0.1, 0.15) is 25.0 Å². The molecule has 0 aliphatic rings. The molecule has 0 aromatic heterocycles. The van der Waals surface area contributed by atoms with Gasteiger partial charge in [-0.05, 0) is 62.2 Å². The minimum atomic E-state index is -0.984. The standard InChI is InChI=1S/C23H27NO6/c1-6-29-20-11-8-17(14-21(20)28-5)9-12-22(25)30-16(3)23(26)24-18-13-15(2)7-10-19(18)27-4/h7-14,16H,6H2,1-5H3,(H,24,26)/b12-9+/t16-/m1/s1. The molecule has 1 atom stereocenters. The van der Waals surface area contributed by atoms with E-state index in [4.69, 9.17) is 18.9 Å². The van der Waals surface area contributed by atoms with Gasteiger partial charge in [0, 0.05) is 6.08 Å². The average Bonchev–Trinajstić information content (AvgIpc) is 2.73.